The van der Waals surface area contributed by atoms with Crippen LogP contribution in [0.2, 0.25) is 0 Å². The number of ether oxygens (including phenoxy) is 8. The van der Waals surface area contributed by atoms with E-state index in [1.807, 2.05) is 25.9 Å². The molecule has 3 aliphatic rings. The van der Waals surface area contributed by atoms with Crippen molar-refractivity contribution in [3.8, 4) is 5.75 Å². The number of hydrogen-bond donors (Lipinski definition) is 5. The summed E-state index contributed by atoms with van der Waals surface area (Å²) in [5, 5.41) is 49.3. The molecule has 1 unspecified atom stereocenters. The molecule has 5 N–H and O–H groups in total. The molecule has 0 aliphatic carbocycles. The van der Waals surface area contributed by atoms with Crippen LogP contribution in [0.5, 0.6) is 5.75 Å². The van der Waals surface area contributed by atoms with Gasteiger partial charge in [-0.3, -0.25) is 23.2 Å². The molecule has 1 aromatic carbocycles. The molecule has 0 radical (unpaired) electrons. The Labute approximate surface area is 446 Å². The molecule has 0 bridgehead atoms. The summed E-state index contributed by atoms with van der Waals surface area (Å²) < 4.78 is 85.1. The first kappa shape index (κ1) is 62.9. The summed E-state index contributed by atoms with van der Waals surface area (Å²) in [5.41, 5.74) is -5.54. The summed E-state index contributed by atoms with van der Waals surface area (Å²) in [6.45, 7) is 15.0. The summed E-state index contributed by atoms with van der Waals surface area (Å²) in [6.07, 6.45) is -9.98. The zero-order chi connectivity index (χ0) is 57.0. The van der Waals surface area contributed by atoms with Crippen LogP contribution in [0.25, 0.3) is 10.9 Å². The van der Waals surface area contributed by atoms with E-state index in [0.29, 0.717) is 17.7 Å². The Bertz CT molecular complexity index is 2490. The first-order valence-corrected chi connectivity index (χ1v) is 27.5. The number of aromatic carboxylic acids is 1. The second-order valence-electron chi connectivity index (χ2n) is 21.8. The van der Waals surface area contributed by atoms with Gasteiger partial charge in [-0.1, -0.05) is 20.8 Å². The monoisotopic (exact) mass is 1100 g/mol. The Morgan fingerprint density at radius 3 is 2.16 bits per heavy atom. The van der Waals surface area contributed by atoms with E-state index in [1.165, 1.54) is 38.1 Å². The molecule has 1 aromatic heterocycles. The number of likely N-dealkylation sites (N-methyl/N-ethyl adjacent to an activating group) is 1. The van der Waals surface area contributed by atoms with Gasteiger partial charge in [-0.2, -0.15) is 8.42 Å². The van der Waals surface area contributed by atoms with Crippen molar-refractivity contribution >= 4 is 38.7 Å². The molecule has 3 aliphatic heterocycles. The number of esters is 1. The van der Waals surface area contributed by atoms with Gasteiger partial charge in [0.05, 0.1) is 52.8 Å². The quantitative estimate of drug-likeness (QED) is 0.0764. The number of aromatic nitrogens is 1. The Morgan fingerprint density at radius 2 is 1.57 bits per heavy atom. The first-order chi connectivity index (χ1) is 35.4. The molecule has 4 heterocycles. The number of fused-ring (bicyclic) bond motifs is 1. The van der Waals surface area contributed by atoms with Crippen LogP contribution in [0, 0.1) is 17.8 Å². The second kappa shape index (κ2) is 25.5. The van der Waals surface area contributed by atoms with E-state index >= 15 is 0 Å². The van der Waals surface area contributed by atoms with Gasteiger partial charge in [0, 0.05) is 83.4 Å². The van der Waals surface area contributed by atoms with Crippen LogP contribution < -0.4 is 20.5 Å². The van der Waals surface area contributed by atoms with Gasteiger partial charge in [0.2, 0.25) is 5.43 Å². The highest BCUT2D eigenvalue weighted by Crippen LogP contribution is 2.42. The number of Topliss-reactive ketones (excluding diaryl/α,β-unsaturated/α-hetero) is 1. The predicted octanol–water partition coefficient (Wildman–Crippen LogP) is 2.04. The summed E-state index contributed by atoms with van der Waals surface area (Å²) >= 11 is 0. The van der Waals surface area contributed by atoms with Crippen molar-refractivity contribution in [2.24, 2.45) is 17.8 Å². The fourth-order valence-corrected chi connectivity index (χ4v) is 12.0. The number of methoxy groups -OCH3 is 2. The fraction of sp³-hybridized carbons (Fsp3) is 0.769. The Hall–Kier alpha value is -3.89. The summed E-state index contributed by atoms with van der Waals surface area (Å²) in [4.78, 5) is 54.8. The SMILES string of the molecule is CC[C@H]1OC(=O)C(C)[C@@H](O[C@H]2C[C@@](C)(OC)[C@@H](OS(=O)(=O)CCNCCOc3ccc4c(=O)c(C(=O)O)cn(N(C)C)c4c3)[C@H](C)O2)[C@H](C)[C@@H](O[C@@H]2O[C@H](C)C[C@H](N(C)C)[C@H]2O)[C@](C)(OC)C[C@@H](C)C(=O)[C@@H](O)[C@]1(C)O. The third-order valence-electron chi connectivity index (χ3n) is 15.5. The molecule has 2 aromatic rings. The lowest BCUT2D eigenvalue weighted by molar-refractivity contribution is -0.317. The molecular formula is C52H84N4O19S. The van der Waals surface area contributed by atoms with E-state index in [1.54, 1.807) is 79.7 Å². The fourth-order valence-electron chi connectivity index (χ4n) is 10.8. The van der Waals surface area contributed by atoms with E-state index in [2.05, 4.69) is 5.32 Å². The number of carbonyl (C=O) groups is 3. The van der Waals surface area contributed by atoms with Crippen LogP contribution in [-0.4, -0.2) is 208 Å². The maximum absolute atomic E-state index is 14.4. The second-order valence-corrected chi connectivity index (χ2v) is 23.5. The number of pyridine rings is 1. The standard InChI is InChI=1S/C52H84N4O19S/c1-16-38-52(9,64)44(60)40(57)28(2)25-50(7,67-14)45(74-49-42(59)37(54(10)11)23-29(3)70-49)30(4)43(31(5)48(63)72-38)73-39-26-51(8,68-15)46(32(6)71-39)75-76(65,66)22-20-53-19-21-69-33-17-18-34-36(24-33)56(55(12)13)27-35(41(34)58)47(61)62/h17-18,24,27-32,37-39,42-46,49,53,59-60,64H,16,19-23,25-26H2,1-15H3,(H,61,62)/t28-,29-,30+,31?,32+,37+,38-,39+,42-,43+,44-,45-,46+,49+,50-,51-,52-/m1/s1. The normalized spacial score (nSPS) is 36.2. The molecule has 17 atom stereocenters. The summed E-state index contributed by atoms with van der Waals surface area (Å²) in [6, 6.07) is 4.29. The van der Waals surface area contributed by atoms with Crippen molar-refractivity contribution < 1.29 is 85.3 Å². The lowest BCUT2D eigenvalue weighted by atomic mass is 9.75. The van der Waals surface area contributed by atoms with Gasteiger partial charge in [0.15, 0.2) is 18.4 Å². The average molecular weight is 1100 g/mol. The highest BCUT2D eigenvalue weighted by Gasteiger charge is 2.55. The van der Waals surface area contributed by atoms with Crippen LogP contribution in [0.1, 0.15) is 98.4 Å². The lowest BCUT2D eigenvalue weighted by Gasteiger charge is -2.49. The molecule has 0 saturated carbocycles. The molecule has 24 heteroatoms. The number of hydrogen-bond acceptors (Lipinski definition) is 21. The zero-order valence-electron chi connectivity index (χ0n) is 46.7. The van der Waals surface area contributed by atoms with Gasteiger partial charge in [0.1, 0.15) is 47.9 Å². The molecule has 76 heavy (non-hydrogen) atoms. The molecule has 23 nitrogen and oxygen atoms in total. The zero-order valence-corrected chi connectivity index (χ0v) is 47.5. The largest absolute Gasteiger partial charge is 0.492 e. The number of rotatable bonds is 19. The molecule has 5 rings (SSSR count). The van der Waals surface area contributed by atoms with Crippen LogP contribution >= 0.6 is 0 Å². The van der Waals surface area contributed by atoms with Crippen LogP contribution in [-0.2, 0) is 57.0 Å². The number of ketones is 1. The van der Waals surface area contributed by atoms with Crippen LogP contribution in [0.15, 0.2) is 29.2 Å². The van der Waals surface area contributed by atoms with Crippen molar-refractivity contribution in [1.29, 1.82) is 0 Å². The van der Waals surface area contributed by atoms with Crippen LogP contribution in [0.4, 0.5) is 0 Å². The number of nitrogens with one attached hydrogen (secondary N) is 1. The number of benzene rings is 1. The van der Waals surface area contributed by atoms with Gasteiger partial charge in [-0.25, -0.2) is 4.79 Å². The van der Waals surface area contributed by atoms with Crippen molar-refractivity contribution in [3.63, 3.8) is 0 Å². The average Bonchev–Trinajstić information content (AvgIpc) is 3.35. The van der Waals surface area contributed by atoms with Gasteiger partial charge in [-0.15, -0.1) is 0 Å². The molecule has 3 saturated heterocycles. The van der Waals surface area contributed by atoms with E-state index < -0.39 is 129 Å². The summed E-state index contributed by atoms with van der Waals surface area (Å²) in [7, 11) is 5.67. The maximum atomic E-state index is 14.4. The van der Waals surface area contributed by atoms with E-state index in [4.69, 9.17) is 42.1 Å². The highest BCUT2D eigenvalue weighted by atomic mass is 32.2. The number of nitrogens with zero attached hydrogens (tertiary/aromatic N) is 3. The Morgan fingerprint density at radius 1 is 0.921 bits per heavy atom. The van der Waals surface area contributed by atoms with E-state index in [9.17, 15) is 48.0 Å². The smallest absolute Gasteiger partial charge is 0.341 e. The number of cyclic esters (lactones) is 1. The van der Waals surface area contributed by atoms with Crippen LogP contribution in [0.3, 0.4) is 0 Å². The number of aliphatic hydroxyl groups is 3. The highest BCUT2D eigenvalue weighted by molar-refractivity contribution is 7.86. The molecule has 432 valence electrons. The van der Waals surface area contributed by atoms with Crippen molar-refractivity contribution in [2.45, 2.75) is 172 Å². The van der Waals surface area contributed by atoms with Crippen molar-refractivity contribution in [1.82, 2.24) is 14.9 Å². The van der Waals surface area contributed by atoms with E-state index in [-0.39, 0.29) is 62.1 Å². The minimum Gasteiger partial charge on any atom is -0.492 e. The Balaban J connectivity index is 1.35. The molecule has 0 amide bonds. The Kier molecular flexibility index (Phi) is 21.1. The van der Waals surface area contributed by atoms with Gasteiger partial charge >= 0.3 is 11.9 Å². The first-order valence-electron chi connectivity index (χ1n) is 25.9. The number of carboxylic acids is 1. The topological polar surface area (TPSA) is 290 Å². The van der Waals surface area contributed by atoms with E-state index in [0.717, 1.165) is 0 Å². The minimum absolute atomic E-state index is 0.0199. The lowest BCUT2D eigenvalue weighted by Crippen LogP contribution is -2.61. The molecule has 0 spiro atoms. The third kappa shape index (κ3) is 14.1. The number of carboxylic acid groups (broad SMARTS) is 1. The van der Waals surface area contributed by atoms with Gasteiger partial charge in [0.25, 0.3) is 10.1 Å². The van der Waals surface area contributed by atoms with Gasteiger partial charge in [-0.05, 0) is 87.0 Å². The third-order valence-corrected chi connectivity index (χ3v) is 16.7. The number of carbonyl (C=O) groups excluding carboxylic acids is 2. The van der Waals surface area contributed by atoms with Crippen molar-refractivity contribution in [2.75, 3.05) is 72.9 Å². The minimum atomic E-state index is -4.24. The maximum Gasteiger partial charge on any atom is 0.341 e. The van der Waals surface area contributed by atoms with Gasteiger partial charge < -0.3 is 73.5 Å². The number of aliphatic hydroxyl groups excluding tert-OH is 2. The molecule has 3 fully saturated rings. The summed E-state index contributed by atoms with van der Waals surface area (Å²) in [5.74, 6) is -5.90. The predicted molar refractivity (Wildman–Crippen MR) is 278 cm³/mol. The van der Waals surface area contributed by atoms with Crippen molar-refractivity contribution in [3.05, 3.63) is 40.2 Å². The molecular weight excluding hydrogens is 1020 g/mol.